The van der Waals surface area contributed by atoms with E-state index in [9.17, 15) is 0 Å². The molecule has 1 aliphatic rings. The summed E-state index contributed by atoms with van der Waals surface area (Å²) in [5.41, 5.74) is 0.487. The third-order valence-corrected chi connectivity index (χ3v) is 11.0. The van der Waals surface area contributed by atoms with Crippen LogP contribution in [0.1, 0.15) is 12.8 Å². The average Bonchev–Trinajstić information content (AvgIpc) is 2.41. The predicted molar refractivity (Wildman–Crippen MR) is 80.7 cm³/mol. The molecule has 7 heteroatoms. The molecule has 19 heavy (non-hydrogen) atoms. The standard InChI is InChI=1S/C12H29NO4Si2/c1-14-18(5,15-2)11-7-9-13-10-8-12(13)19(6,16-3)17-4/h12H,7-11H2,1-6H3. The van der Waals surface area contributed by atoms with Crippen LogP contribution in [0.25, 0.3) is 0 Å². The van der Waals surface area contributed by atoms with Gasteiger partial charge in [0.15, 0.2) is 0 Å². The van der Waals surface area contributed by atoms with Gasteiger partial charge >= 0.3 is 17.1 Å². The zero-order valence-electron chi connectivity index (χ0n) is 13.2. The SMILES string of the molecule is CO[Si](C)(CCCN1CCC1[Si](C)(OC)OC)OC. The van der Waals surface area contributed by atoms with Crippen LogP contribution < -0.4 is 0 Å². The minimum atomic E-state index is -2.01. The molecule has 0 aromatic heterocycles. The largest absolute Gasteiger partial charge is 0.398 e. The van der Waals surface area contributed by atoms with Crippen molar-refractivity contribution in [1.82, 2.24) is 4.90 Å². The van der Waals surface area contributed by atoms with Gasteiger partial charge in [0, 0.05) is 28.4 Å². The summed E-state index contributed by atoms with van der Waals surface area (Å²) in [7, 11) is 3.11. The lowest BCUT2D eigenvalue weighted by Gasteiger charge is -2.47. The van der Waals surface area contributed by atoms with E-state index in [1.54, 1.807) is 28.4 Å². The van der Waals surface area contributed by atoms with Crippen molar-refractivity contribution in [2.24, 2.45) is 0 Å². The van der Waals surface area contributed by atoms with Crippen LogP contribution in [0.5, 0.6) is 0 Å². The quantitative estimate of drug-likeness (QED) is 0.607. The van der Waals surface area contributed by atoms with E-state index in [4.69, 9.17) is 17.7 Å². The smallest absolute Gasteiger partial charge is 0.352 e. The van der Waals surface area contributed by atoms with Gasteiger partial charge in [-0.15, -0.1) is 0 Å². The van der Waals surface area contributed by atoms with Gasteiger partial charge in [-0.2, -0.15) is 0 Å². The number of nitrogens with zero attached hydrogens (tertiary/aromatic N) is 1. The third kappa shape index (κ3) is 4.10. The van der Waals surface area contributed by atoms with Crippen LogP contribution >= 0.6 is 0 Å². The van der Waals surface area contributed by atoms with E-state index in [0.29, 0.717) is 5.67 Å². The van der Waals surface area contributed by atoms with Gasteiger partial charge in [0.25, 0.3) is 0 Å². The highest BCUT2D eigenvalue weighted by molar-refractivity contribution is 6.68. The molecule has 0 aromatic carbocycles. The van der Waals surface area contributed by atoms with Crippen molar-refractivity contribution in [3.63, 3.8) is 0 Å². The first kappa shape index (κ1) is 17.3. The van der Waals surface area contributed by atoms with Crippen LogP contribution in [0.2, 0.25) is 19.1 Å². The molecule has 5 nitrogen and oxygen atoms in total. The Morgan fingerprint density at radius 3 is 1.95 bits per heavy atom. The zero-order valence-corrected chi connectivity index (χ0v) is 15.2. The minimum Gasteiger partial charge on any atom is -0.398 e. The van der Waals surface area contributed by atoms with Crippen molar-refractivity contribution in [3.05, 3.63) is 0 Å². The second-order valence-electron chi connectivity index (χ2n) is 5.41. The maximum absolute atomic E-state index is 5.65. The van der Waals surface area contributed by atoms with E-state index < -0.39 is 17.1 Å². The lowest BCUT2D eigenvalue weighted by Crippen LogP contribution is -2.65. The summed E-state index contributed by atoms with van der Waals surface area (Å²) in [6.07, 6.45) is 2.30. The van der Waals surface area contributed by atoms with Crippen LogP contribution in [0.3, 0.4) is 0 Å². The average molecular weight is 308 g/mol. The van der Waals surface area contributed by atoms with Crippen molar-refractivity contribution >= 4 is 17.1 Å². The molecule has 0 aromatic rings. The van der Waals surface area contributed by atoms with Crippen molar-refractivity contribution < 1.29 is 17.7 Å². The first-order chi connectivity index (χ1) is 8.94. The molecule has 114 valence electrons. The first-order valence-corrected chi connectivity index (χ1v) is 11.8. The second kappa shape index (κ2) is 7.30. The molecule has 1 unspecified atom stereocenters. The van der Waals surface area contributed by atoms with Crippen molar-refractivity contribution in [1.29, 1.82) is 0 Å². The highest BCUT2D eigenvalue weighted by Gasteiger charge is 2.47. The minimum absolute atomic E-state index is 0.487. The fourth-order valence-electron chi connectivity index (χ4n) is 2.55. The van der Waals surface area contributed by atoms with E-state index >= 15 is 0 Å². The van der Waals surface area contributed by atoms with Gasteiger partial charge in [0.1, 0.15) is 0 Å². The molecule has 0 spiro atoms. The Morgan fingerprint density at radius 2 is 1.58 bits per heavy atom. The molecule has 0 aliphatic carbocycles. The van der Waals surface area contributed by atoms with Gasteiger partial charge in [-0.3, -0.25) is 4.90 Å². The summed E-state index contributed by atoms with van der Waals surface area (Å²) in [6, 6.07) is 1.03. The third-order valence-electron chi connectivity index (χ3n) is 4.49. The van der Waals surface area contributed by atoms with Gasteiger partial charge in [-0.1, -0.05) is 0 Å². The molecule has 1 atom stereocenters. The van der Waals surface area contributed by atoms with Gasteiger partial charge in [-0.25, -0.2) is 0 Å². The molecule has 1 fully saturated rings. The van der Waals surface area contributed by atoms with Crippen molar-refractivity contribution in [3.8, 4) is 0 Å². The summed E-state index contributed by atoms with van der Waals surface area (Å²) in [6.45, 7) is 6.49. The highest BCUT2D eigenvalue weighted by atomic mass is 28.4. The molecule has 0 radical (unpaired) electrons. The van der Waals surface area contributed by atoms with Gasteiger partial charge in [0.05, 0.1) is 5.67 Å². The molecule has 1 heterocycles. The molecule has 1 saturated heterocycles. The molecule has 1 rings (SSSR count). The summed E-state index contributed by atoms with van der Waals surface area (Å²) in [4.78, 5) is 2.49. The first-order valence-electron chi connectivity index (χ1n) is 6.89. The topological polar surface area (TPSA) is 40.2 Å². The van der Waals surface area contributed by atoms with Gasteiger partial charge in [0.2, 0.25) is 0 Å². The van der Waals surface area contributed by atoms with Crippen molar-refractivity contribution in [2.75, 3.05) is 41.5 Å². The summed E-state index contributed by atoms with van der Waals surface area (Å²) in [5.74, 6) is 0. The van der Waals surface area contributed by atoms with Crippen LogP contribution in [-0.2, 0) is 17.7 Å². The number of rotatable bonds is 9. The van der Waals surface area contributed by atoms with Crippen LogP contribution in [0.15, 0.2) is 0 Å². The fourth-order valence-corrected chi connectivity index (χ4v) is 6.21. The summed E-state index contributed by atoms with van der Waals surface area (Å²) in [5, 5.41) is 0. The van der Waals surface area contributed by atoms with E-state index in [-0.39, 0.29) is 0 Å². The van der Waals surface area contributed by atoms with Crippen LogP contribution in [0, 0.1) is 0 Å². The molecule has 0 amide bonds. The predicted octanol–water partition coefficient (Wildman–Crippen LogP) is 1.72. The fraction of sp³-hybridized carbons (Fsp3) is 1.00. The Bertz CT molecular complexity index is 272. The lowest BCUT2D eigenvalue weighted by molar-refractivity contribution is 0.0898. The maximum Gasteiger partial charge on any atom is 0.352 e. The van der Waals surface area contributed by atoms with E-state index in [1.165, 1.54) is 6.42 Å². The molecule has 0 saturated carbocycles. The van der Waals surface area contributed by atoms with Gasteiger partial charge < -0.3 is 17.7 Å². The van der Waals surface area contributed by atoms with Crippen LogP contribution in [0.4, 0.5) is 0 Å². The normalized spacial score (nSPS) is 21.5. The molecular weight excluding hydrogens is 278 g/mol. The second-order valence-corrected chi connectivity index (χ2v) is 12.5. The lowest BCUT2D eigenvalue weighted by atomic mass is 10.2. The summed E-state index contributed by atoms with van der Waals surface area (Å²) < 4.78 is 22.3. The molecule has 0 N–H and O–H groups in total. The Hall–Kier alpha value is 0.234. The Labute approximate surface area is 119 Å². The Balaban J connectivity index is 2.39. The number of hydrogen-bond donors (Lipinski definition) is 0. The molecular formula is C12H29NO4Si2. The van der Waals surface area contributed by atoms with E-state index in [0.717, 1.165) is 25.6 Å². The molecule has 0 bridgehead atoms. The molecule has 1 aliphatic heterocycles. The van der Waals surface area contributed by atoms with E-state index in [1.807, 2.05) is 0 Å². The number of hydrogen-bond acceptors (Lipinski definition) is 5. The van der Waals surface area contributed by atoms with Gasteiger partial charge in [-0.05, 0) is 45.1 Å². The van der Waals surface area contributed by atoms with E-state index in [2.05, 4.69) is 18.0 Å². The Kier molecular flexibility index (Phi) is 6.64. The Morgan fingerprint density at radius 1 is 1.00 bits per heavy atom. The van der Waals surface area contributed by atoms with Crippen LogP contribution in [-0.4, -0.2) is 69.2 Å². The zero-order chi connectivity index (χ0) is 14.5. The number of likely N-dealkylation sites (tertiary alicyclic amines) is 1. The summed E-state index contributed by atoms with van der Waals surface area (Å²) >= 11 is 0. The maximum atomic E-state index is 5.65. The highest BCUT2D eigenvalue weighted by Crippen LogP contribution is 2.28. The monoisotopic (exact) mass is 307 g/mol. The van der Waals surface area contributed by atoms with Crippen molar-refractivity contribution in [2.45, 2.75) is 37.6 Å².